The highest BCUT2D eigenvalue weighted by Crippen LogP contribution is 2.03. The van der Waals surface area contributed by atoms with Gasteiger partial charge in [-0.15, -0.1) is 12.4 Å². The molecule has 0 aliphatic heterocycles. The average molecular weight is 204 g/mol. The van der Waals surface area contributed by atoms with E-state index in [2.05, 4.69) is 0 Å². The van der Waals surface area contributed by atoms with Crippen molar-refractivity contribution in [3.63, 3.8) is 0 Å². The largest absolute Gasteiger partial charge is 0.277 e. The molecule has 0 radical (unpaired) electrons. The van der Waals surface area contributed by atoms with Crippen molar-refractivity contribution in [2.75, 3.05) is 14.2 Å². The van der Waals surface area contributed by atoms with Crippen molar-refractivity contribution in [3.8, 4) is 0 Å². The predicted molar refractivity (Wildman–Crippen MR) is 53.3 cm³/mol. The molecule has 0 bridgehead atoms. The van der Waals surface area contributed by atoms with E-state index in [4.69, 9.17) is 9.68 Å². The highest BCUT2D eigenvalue weighted by molar-refractivity contribution is 5.85. The van der Waals surface area contributed by atoms with Gasteiger partial charge in [-0.3, -0.25) is 9.68 Å². The Kier molecular flexibility index (Phi) is 6.54. The van der Waals surface area contributed by atoms with E-state index in [0.717, 1.165) is 5.56 Å². The number of hydrogen-bond acceptors (Lipinski definition) is 3. The van der Waals surface area contributed by atoms with E-state index in [-0.39, 0.29) is 12.4 Å². The highest BCUT2D eigenvalue weighted by Gasteiger charge is 2.01. The van der Waals surface area contributed by atoms with E-state index in [9.17, 15) is 0 Å². The molecule has 1 aromatic carbocycles. The Hall–Kier alpha value is -0.610. The predicted octanol–water partition coefficient (Wildman–Crippen LogP) is 2.03. The van der Waals surface area contributed by atoms with Crippen LogP contribution in [0.5, 0.6) is 0 Å². The normalized spacial score (nSPS) is 9.77. The lowest BCUT2D eigenvalue weighted by molar-refractivity contribution is -0.349. The molecule has 1 aromatic rings. The van der Waals surface area contributed by atoms with Gasteiger partial charge in [0.1, 0.15) is 0 Å². The first-order chi connectivity index (χ1) is 5.86. The van der Waals surface area contributed by atoms with Gasteiger partial charge in [-0.1, -0.05) is 35.6 Å². The van der Waals surface area contributed by atoms with Gasteiger partial charge in [0.05, 0.1) is 20.8 Å². The zero-order chi connectivity index (χ0) is 8.81. The standard InChI is InChI=1S/C9H13NO2.ClH/c1-11-10(12-2)8-9-6-4-3-5-7-9;/h3-7H,8H2,1-2H3;1H. The second-order valence-corrected chi connectivity index (χ2v) is 2.34. The zero-order valence-corrected chi connectivity index (χ0v) is 8.58. The molecule has 0 amide bonds. The molecule has 0 heterocycles. The van der Waals surface area contributed by atoms with E-state index in [0.29, 0.717) is 6.54 Å². The zero-order valence-electron chi connectivity index (χ0n) is 7.77. The molecule has 0 saturated heterocycles. The monoisotopic (exact) mass is 203 g/mol. The van der Waals surface area contributed by atoms with E-state index < -0.39 is 0 Å². The third kappa shape index (κ3) is 4.24. The van der Waals surface area contributed by atoms with Crippen molar-refractivity contribution in [2.24, 2.45) is 0 Å². The summed E-state index contributed by atoms with van der Waals surface area (Å²) in [5, 5.41) is 1.41. The molecular weight excluding hydrogens is 190 g/mol. The first kappa shape index (κ1) is 12.4. The van der Waals surface area contributed by atoms with Crippen molar-refractivity contribution >= 4 is 12.4 Å². The number of rotatable bonds is 4. The summed E-state index contributed by atoms with van der Waals surface area (Å²) in [6, 6.07) is 9.99. The van der Waals surface area contributed by atoms with Gasteiger partial charge in [0, 0.05) is 0 Å². The van der Waals surface area contributed by atoms with Gasteiger partial charge < -0.3 is 0 Å². The van der Waals surface area contributed by atoms with Crippen LogP contribution >= 0.6 is 12.4 Å². The SMILES string of the molecule is CON(Cc1ccccc1)OC.Cl. The molecule has 74 valence electrons. The Morgan fingerprint density at radius 1 is 1.08 bits per heavy atom. The Morgan fingerprint density at radius 2 is 1.62 bits per heavy atom. The van der Waals surface area contributed by atoms with Crippen LogP contribution in [0.4, 0.5) is 0 Å². The average Bonchev–Trinajstić information content (AvgIpc) is 2.16. The number of hydroxylamine groups is 2. The van der Waals surface area contributed by atoms with Crippen LogP contribution in [0.1, 0.15) is 5.56 Å². The van der Waals surface area contributed by atoms with Crippen LogP contribution in [-0.2, 0) is 16.2 Å². The van der Waals surface area contributed by atoms with Gasteiger partial charge in [0.2, 0.25) is 0 Å². The molecule has 1 rings (SSSR count). The second kappa shape index (κ2) is 6.86. The Balaban J connectivity index is 0.00000144. The fourth-order valence-corrected chi connectivity index (χ4v) is 0.936. The summed E-state index contributed by atoms with van der Waals surface area (Å²) >= 11 is 0. The van der Waals surface area contributed by atoms with Gasteiger partial charge in [-0.05, 0) is 5.56 Å². The van der Waals surface area contributed by atoms with Crippen LogP contribution in [0.25, 0.3) is 0 Å². The second-order valence-electron chi connectivity index (χ2n) is 2.34. The molecule has 0 aromatic heterocycles. The minimum absolute atomic E-state index is 0. The van der Waals surface area contributed by atoms with Crippen molar-refractivity contribution in [2.45, 2.75) is 6.54 Å². The Morgan fingerprint density at radius 3 is 2.08 bits per heavy atom. The minimum Gasteiger partial charge on any atom is -0.277 e. The summed E-state index contributed by atoms with van der Waals surface area (Å²) in [7, 11) is 3.15. The maximum absolute atomic E-state index is 4.91. The third-order valence-electron chi connectivity index (χ3n) is 1.56. The molecule has 13 heavy (non-hydrogen) atoms. The number of hydrogen-bond donors (Lipinski definition) is 0. The van der Waals surface area contributed by atoms with Crippen molar-refractivity contribution in [3.05, 3.63) is 35.9 Å². The van der Waals surface area contributed by atoms with Crippen LogP contribution in [0.2, 0.25) is 0 Å². The van der Waals surface area contributed by atoms with Crippen LogP contribution in [0.3, 0.4) is 0 Å². The summed E-state index contributed by atoms with van der Waals surface area (Å²) < 4.78 is 0. The third-order valence-corrected chi connectivity index (χ3v) is 1.56. The van der Waals surface area contributed by atoms with Gasteiger partial charge in [0.15, 0.2) is 0 Å². The van der Waals surface area contributed by atoms with Crippen LogP contribution in [0.15, 0.2) is 30.3 Å². The molecule has 0 saturated carbocycles. The smallest absolute Gasteiger partial charge is 0.0767 e. The van der Waals surface area contributed by atoms with E-state index in [1.807, 2.05) is 30.3 Å². The van der Waals surface area contributed by atoms with Crippen molar-refractivity contribution < 1.29 is 9.68 Å². The number of halogens is 1. The molecule has 0 unspecified atom stereocenters. The molecule has 0 N–H and O–H groups in total. The van der Waals surface area contributed by atoms with E-state index >= 15 is 0 Å². The maximum atomic E-state index is 4.91. The van der Waals surface area contributed by atoms with E-state index in [1.165, 1.54) is 5.23 Å². The van der Waals surface area contributed by atoms with Gasteiger partial charge in [-0.2, -0.15) is 0 Å². The van der Waals surface area contributed by atoms with Gasteiger partial charge in [-0.25, -0.2) is 0 Å². The summed E-state index contributed by atoms with van der Waals surface area (Å²) in [4.78, 5) is 9.83. The molecule has 0 fully saturated rings. The molecule has 0 aliphatic carbocycles. The minimum atomic E-state index is 0. The molecule has 0 atom stereocenters. The maximum Gasteiger partial charge on any atom is 0.0767 e. The Labute approximate surface area is 84.6 Å². The molecule has 0 aliphatic rings. The van der Waals surface area contributed by atoms with Gasteiger partial charge >= 0.3 is 0 Å². The quantitative estimate of drug-likeness (QED) is 0.699. The van der Waals surface area contributed by atoms with Crippen LogP contribution < -0.4 is 0 Å². The molecule has 4 heteroatoms. The first-order valence-electron chi connectivity index (χ1n) is 3.76. The lowest BCUT2D eigenvalue weighted by atomic mass is 10.2. The summed E-state index contributed by atoms with van der Waals surface area (Å²) in [5.41, 5.74) is 1.15. The lowest BCUT2D eigenvalue weighted by Gasteiger charge is -2.15. The molecular formula is C9H14ClNO2. The topological polar surface area (TPSA) is 21.7 Å². The first-order valence-corrected chi connectivity index (χ1v) is 3.76. The van der Waals surface area contributed by atoms with Gasteiger partial charge in [0.25, 0.3) is 0 Å². The summed E-state index contributed by atoms with van der Waals surface area (Å²) in [5.74, 6) is 0. The highest BCUT2D eigenvalue weighted by atomic mass is 35.5. The number of benzene rings is 1. The van der Waals surface area contributed by atoms with Crippen LogP contribution in [0, 0.1) is 0 Å². The molecule has 3 nitrogen and oxygen atoms in total. The Bertz CT molecular complexity index is 214. The fourth-order valence-electron chi connectivity index (χ4n) is 0.936. The van der Waals surface area contributed by atoms with Crippen molar-refractivity contribution in [1.29, 1.82) is 0 Å². The number of nitrogens with zero attached hydrogens (tertiary/aromatic N) is 1. The fraction of sp³-hybridized carbons (Fsp3) is 0.333. The van der Waals surface area contributed by atoms with Crippen molar-refractivity contribution in [1.82, 2.24) is 5.23 Å². The van der Waals surface area contributed by atoms with E-state index in [1.54, 1.807) is 14.2 Å². The van der Waals surface area contributed by atoms with Crippen LogP contribution in [-0.4, -0.2) is 19.4 Å². The summed E-state index contributed by atoms with van der Waals surface area (Å²) in [6.45, 7) is 0.633. The molecule has 0 spiro atoms. The lowest BCUT2D eigenvalue weighted by Crippen LogP contribution is -2.20. The summed E-state index contributed by atoms with van der Waals surface area (Å²) in [6.07, 6.45) is 0.